The van der Waals surface area contributed by atoms with Crippen LogP contribution in [0.4, 0.5) is 0 Å². The van der Waals surface area contributed by atoms with E-state index in [9.17, 15) is 13.2 Å². The van der Waals surface area contributed by atoms with Gasteiger partial charge in [-0.25, -0.2) is 13.2 Å². The molecule has 0 bridgehead atoms. The highest BCUT2D eigenvalue weighted by Gasteiger charge is 2.21. The summed E-state index contributed by atoms with van der Waals surface area (Å²) >= 11 is 0. The molecule has 1 aromatic heterocycles. The molecule has 0 unspecified atom stereocenters. The Morgan fingerprint density at radius 1 is 1.08 bits per heavy atom. The molecule has 2 aromatic carbocycles. The summed E-state index contributed by atoms with van der Waals surface area (Å²) in [4.78, 5) is 16.6. The minimum atomic E-state index is -3.67. The van der Waals surface area contributed by atoms with Crippen LogP contribution in [0.5, 0.6) is 5.75 Å². The Balaban J connectivity index is 1.72. The molecule has 0 atom stereocenters. The van der Waals surface area contributed by atoms with E-state index in [4.69, 9.17) is 4.74 Å². The van der Waals surface area contributed by atoms with Gasteiger partial charge in [0.2, 0.25) is 10.0 Å². The lowest BCUT2D eigenvalue weighted by atomic mass is 10.2. The molecule has 0 amide bonds. The minimum absolute atomic E-state index is 0.119. The van der Waals surface area contributed by atoms with Gasteiger partial charge in [-0.15, -0.1) is 0 Å². The summed E-state index contributed by atoms with van der Waals surface area (Å²) < 4.78 is 32.2. The fourth-order valence-electron chi connectivity index (χ4n) is 2.47. The number of para-hydroxylation sites is 1. The number of rotatable bonds is 6. The molecule has 0 aliphatic carbocycles. The SMILES string of the molecule is Cc1ccccc1OCCN(C)S(=O)(=O)c1ccc2[nH]c(=O)[nH]c2c1. The molecule has 1 heterocycles. The van der Waals surface area contributed by atoms with Gasteiger partial charge in [-0.3, -0.25) is 0 Å². The molecular weight excluding hydrogens is 342 g/mol. The Hall–Kier alpha value is -2.58. The fourth-order valence-corrected chi connectivity index (χ4v) is 3.66. The number of likely N-dealkylation sites (N-methyl/N-ethyl adjacent to an activating group) is 1. The number of aryl methyl sites for hydroxylation is 1. The summed E-state index contributed by atoms with van der Waals surface area (Å²) in [5, 5.41) is 0. The number of aromatic amines is 2. The van der Waals surface area contributed by atoms with Crippen molar-refractivity contribution in [2.24, 2.45) is 0 Å². The standard InChI is InChI=1S/C17H19N3O4S/c1-12-5-3-4-6-16(12)24-10-9-20(2)25(22,23)13-7-8-14-15(11-13)19-17(21)18-14/h3-8,11H,9-10H2,1-2H3,(H2,18,19,21). The van der Waals surface area contributed by atoms with Crippen LogP contribution in [-0.4, -0.2) is 42.9 Å². The number of ether oxygens (including phenoxy) is 1. The number of aromatic nitrogens is 2. The van der Waals surface area contributed by atoms with Gasteiger partial charge in [0, 0.05) is 13.6 Å². The lowest BCUT2D eigenvalue weighted by Gasteiger charge is -2.18. The number of sulfonamides is 1. The maximum atomic E-state index is 12.7. The van der Waals surface area contributed by atoms with E-state index in [-0.39, 0.29) is 23.7 Å². The van der Waals surface area contributed by atoms with Crippen molar-refractivity contribution in [2.75, 3.05) is 20.2 Å². The van der Waals surface area contributed by atoms with Crippen LogP contribution >= 0.6 is 0 Å². The molecule has 0 radical (unpaired) electrons. The lowest BCUT2D eigenvalue weighted by molar-refractivity contribution is 0.285. The van der Waals surface area contributed by atoms with Gasteiger partial charge in [-0.2, -0.15) is 4.31 Å². The van der Waals surface area contributed by atoms with E-state index in [2.05, 4.69) is 9.97 Å². The second-order valence-corrected chi connectivity index (χ2v) is 7.77. The minimum Gasteiger partial charge on any atom is -0.492 e. The van der Waals surface area contributed by atoms with Crippen molar-refractivity contribution in [1.29, 1.82) is 0 Å². The van der Waals surface area contributed by atoms with Gasteiger partial charge in [-0.1, -0.05) is 18.2 Å². The van der Waals surface area contributed by atoms with Gasteiger partial charge < -0.3 is 14.7 Å². The van der Waals surface area contributed by atoms with Crippen molar-refractivity contribution in [1.82, 2.24) is 14.3 Å². The summed E-state index contributed by atoms with van der Waals surface area (Å²) in [7, 11) is -2.17. The molecular formula is C17H19N3O4S. The maximum absolute atomic E-state index is 12.7. The van der Waals surface area contributed by atoms with Crippen LogP contribution < -0.4 is 10.4 Å². The van der Waals surface area contributed by atoms with Gasteiger partial charge in [0.05, 0.1) is 15.9 Å². The molecule has 0 aliphatic rings. The topological polar surface area (TPSA) is 95.3 Å². The van der Waals surface area contributed by atoms with E-state index in [0.717, 1.165) is 11.3 Å². The largest absolute Gasteiger partial charge is 0.492 e. The lowest BCUT2D eigenvalue weighted by Crippen LogP contribution is -2.31. The average Bonchev–Trinajstić information content (AvgIpc) is 2.95. The number of hydrogen-bond donors (Lipinski definition) is 2. The third kappa shape index (κ3) is 3.59. The van der Waals surface area contributed by atoms with Crippen LogP contribution in [0.2, 0.25) is 0 Å². The number of fused-ring (bicyclic) bond motifs is 1. The molecule has 3 aromatic rings. The first-order valence-corrected chi connectivity index (χ1v) is 9.19. The zero-order valence-corrected chi connectivity index (χ0v) is 14.8. The first kappa shape index (κ1) is 17.2. The van der Waals surface area contributed by atoms with E-state index < -0.39 is 10.0 Å². The second kappa shape index (κ2) is 6.73. The van der Waals surface area contributed by atoms with Gasteiger partial charge in [-0.05, 0) is 36.8 Å². The van der Waals surface area contributed by atoms with Crippen LogP contribution in [0.3, 0.4) is 0 Å². The van der Waals surface area contributed by atoms with Crippen molar-refractivity contribution < 1.29 is 13.2 Å². The third-order valence-corrected chi connectivity index (χ3v) is 5.81. The van der Waals surface area contributed by atoms with E-state index in [0.29, 0.717) is 11.0 Å². The van der Waals surface area contributed by atoms with Crippen LogP contribution in [0.25, 0.3) is 11.0 Å². The van der Waals surface area contributed by atoms with Crippen LogP contribution in [-0.2, 0) is 10.0 Å². The molecule has 7 nitrogen and oxygen atoms in total. The number of hydrogen-bond acceptors (Lipinski definition) is 4. The number of imidazole rings is 1. The van der Waals surface area contributed by atoms with E-state index >= 15 is 0 Å². The van der Waals surface area contributed by atoms with Crippen LogP contribution in [0, 0.1) is 6.92 Å². The molecule has 0 aliphatic heterocycles. The van der Waals surface area contributed by atoms with Gasteiger partial charge in [0.15, 0.2) is 0 Å². The number of H-pyrrole nitrogens is 2. The highest BCUT2D eigenvalue weighted by atomic mass is 32.2. The van der Waals surface area contributed by atoms with Gasteiger partial charge >= 0.3 is 5.69 Å². The van der Waals surface area contributed by atoms with Crippen molar-refractivity contribution >= 4 is 21.1 Å². The number of nitrogens with one attached hydrogen (secondary N) is 2. The Morgan fingerprint density at radius 3 is 2.56 bits per heavy atom. The predicted octanol–water partition coefficient (Wildman–Crippen LogP) is 1.86. The number of benzene rings is 2. The van der Waals surface area contributed by atoms with Crippen molar-refractivity contribution in [3.63, 3.8) is 0 Å². The number of nitrogens with zero attached hydrogens (tertiary/aromatic N) is 1. The summed E-state index contributed by atoms with van der Waals surface area (Å²) in [5.41, 5.74) is 1.64. The zero-order chi connectivity index (χ0) is 18.0. The summed E-state index contributed by atoms with van der Waals surface area (Å²) in [6, 6.07) is 12.1. The highest BCUT2D eigenvalue weighted by molar-refractivity contribution is 7.89. The summed E-state index contributed by atoms with van der Waals surface area (Å²) in [6.07, 6.45) is 0. The van der Waals surface area contributed by atoms with E-state index in [1.165, 1.54) is 23.5 Å². The van der Waals surface area contributed by atoms with Crippen molar-refractivity contribution in [2.45, 2.75) is 11.8 Å². The average molecular weight is 361 g/mol. The normalized spacial score (nSPS) is 12.0. The zero-order valence-electron chi connectivity index (χ0n) is 13.9. The van der Waals surface area contributed by atoms with Gasteiger partial charge in [0.1, 0.15) is 12.4 Å². The molecule has 25 heavy (non-hydrogen) atoms. The summed E-state index contributed by atoms with van der Waals surface area (Å²) in [5.74, 6) is 0.736. The third-order valence-electron chi connectivity index (χ3n) is 3.95. The fraction of sp³-hybridized carbons (Fsp3) is 0.235. The smallest absolute Gasteiger partial charge is 0.323 e. The Bertz CT molecular complexity index is 1050. The molecule has 2 N–H and O–H groups in total. The van der Waals surface area contributed by atoms with Crippen molar-refractivity contribution in [3.05, 3.63) is 58.5 Å². The predicted molar refractivity (Wildman–Crippen MR) is 95.4 cm³/mol. The Kier molecular flexibility index (Phi) is 4.65. The molecule has 3 rings (SSSR count). The van der Waals surface area contributed by atoms with E-state index in [1.54, 1.807) is 6.07 Å². The first-order valence-electron chi connectivity index (χ1n) is 7.75. The van der Waals surface area contributed by atoms with Crippen LogP contribution in [0.15, 0.2) is 52.2 Å². The molecule has 0 saturated carbocycles. The molecule has 8 heteroatoms. The summed E-state index contributed by atoms with van der Waals surface area (Å²) in [6.45, 7) is 2.38. The van der Waals surface area contributed by atoms with Crippen LogP contribution in [0.1, 0.15) is 5.56 Å². The quantitative estimate of drug-likeness (QED) is 0.701. The molecule has 0 spiro atoms. The molecule has 132 valence electrons. The second-order valence-electron chi connectivity index (χ2n) is 5.73. The molecule has 0 fully saturated rings. The Labute approximate surface area is 145 Å². The van der Waals surface area contributed by atoms with E-state index in [1.807, 2.05) is 31.2 Å². The first-order chi connectivity index (χ1) is 11.9. The van der Waals surface area contributed by atoms with Gasteiger partial charge in [0.25, 0.3) is 0 Å². The maximum Gasteiger partial charge on any atom is 0.323 e. The van der Waals surface area contributed by atoms with Crippen molar-refractivity contribution in [3.8, 4) is 5.75 Å². The highest BCUT2D eigenvalue weighted by Crippen LogP contribution is 2.19. The Morgan fingerprint density at radius 2 is 1.80 bits per heavy atom. The monoisotopic (exact) mass is 361 g/mol. The molecule has 0 saturated heterocycles.